The largest absolute Gasteiger partial charge is 0.355 e. The molecule has 2 aromatic heterocycles. The predicted molar refractivity (Wildman–Crippen MR) is 101 cm³/mol. The summed E-state index contributed by atoms with van der Waals surface area (Å²) in [4.78, 5) is 16.7. The molecule has 3 aromatic rings. The number of rotatable bonds is 5. The van der Waals surface area contributed by atoms with Crippen LogP contribution in [0.4, 0.5) is 0 Å². The van der Waals surface area contributed by atoms with Crippen LogP contribution in [0.5, 0.6) is 0 Å². The number of hydrogen-bond donors (Lipinski definition) is 1. The molecule has 0 aliphatic rings. The Morgan fingerprint density at radius 3 is 2.88 bits per heavy atom. The summed E-state index contributed by atoms with van der Waals surface area (Å²) in [5.74, 6) is 0.772. The van der Waals surface area contributed by atoms with E-state index >= 15 is 0 Å². The second-order valence-corrected chi connectivity index (χ2v) is 7.39. The first kappa shape index (κ1) is 17.3. The van der Waals surface area contributed by atoms with Crippen molar-refractivity contribution in [1.82, 2.24) is 14.7 Å². The standard InChI is InChI=1S/C19H20N4OS/c1-12(2)10-21-17(24)11-25-18-8-13(3)14(9-20)19-22-15-6-4-5-7-16(15)23(18)19/h4-8,12H,10-11H2,1-3H3,(H,21,24). The second kappa shape index (κ2) is 7.16. The Balaban J connectivity index is 2.00. The van der Waals surface area contributed by atoms with Gasteiger partial charge in [0.25, 0.3) is 0 Å². The van der Waals surface area contributed by atoms with Crippen LogP contribution in [-0.2, 0) is 4.79 Å². The fourth-order valence-electron chi connectivity index (χ4n) is 2.67. The van der Waals surface area contributed by atoms with Crippen molar-refractivity contribution in [2.45, 2.75) is 25.8 Å². The summed E-state index contributed by atoms with van der Waals surface area (Å²) in [6, 6.07) is 12.0. The first-order chi connectivity index (χ1) is 12.0. The lowest BCUT2D eigenvalue weighted by Gasteiger charge is -2.11. The van der Waals surface area contributed by atoms with Gasteiger partial charge in [-0.05, 0) is 36.6 Å². The Labute approximate surface area is 151 Å². The Bertz CT molecular complexity index is 984. The molecule has 25 heavy (non-hydrogen) atoms. The Hall–Kier alpha value is -2.52. The lowest BCUT2D eigenvalue weighted by atomic mass is 10.2. The van der Waals surface area contributed by atoms with Gasteiger partial charge in [-0.2, -0.15) is 5.26 Å². The molecule has 1 aromatic carbocycles. The molecular formula is C19H20N4OS. The zero-order valence-corrected chi connectivity index (χ0v) is 15.4. The number of carbonyl (C=O) groups is 1. The molecule has 5 nitrogen and oxygen atoms in total. The number of aryl methyl sites for hydroxylation is 1. The molecule has 1 N–H and O–H groups in total. The molecule has 0 spiro atoms. The van der Waals surface area contributed by atoms with Crippen LogP contribution in [0.2, 0.25) is 0 Å². The summed E-state index contributed by atoms with van der Waals surface area (Å²) in [6.07, 6.45) is 0. The topological polar surface area (TPSA) is 70.2 Å². The van der Waals surface area contributed by atoms with Gasteiger partial charge in [0.1, 0.15) is 6.07 Å². The minimum absolute atomic E-state index is 0.0123. The minimum Gasteiger partial charge on any atom is -0.355 e. The first-order valence-corrected chi connectivity index (χ1v) is 9.20. The number of fused-ring (bicyclic) bond motifs is 3. The highest BCUT2D eigenvalue weighted by Gasteiger charge is 2.16. The average molecular weight is 352 g/mol. The van der Waals surface area contributed by atoms with E-state index in [0.717, 1.165) is 21.6 Å². The maximum atomic E-state index is 12.1. The second-order valence-electron chi connectivity index (χ2n) is 6.40. The predicted octanol–water partition coefficient (Wildman–Crippen LogP) is 3.53. The molecule has 3 rings (SSSR count). The lowest BCUT2D eigenvalue weighted by Crippen LogP contribution is -2.28. The first-order valence-electron chi connectivity index (χ1n) is 8.21. The number of thioether (sulfide) groups is 1. The molecule has 1 amide bonds. The van der Waals surface area contributed by atoms with Crippen LogP contribution in [0.1, 0.15) is 25.0 Å². The molecule has 0 fully saturated rings. The number of nitriles is 1. The molecule has 0 radical (unpaired) electrons. The lowest BCUT2D eigenvalue weighted by molar-refractivity contribution is -0.118. The van der Waals surface area contributed by atoms with Gasteiger partial charge in [0.2, 0.25) is 5.91 Å². The van der Waals surface area contributed by atoms with Crippen LogP contribution in [0.15, 0.2) is 35.4 Å². The zero-order chi connectivity index (χ0) is 18.0. The fourth-order valence-corrected chi connectivity index (χ4v) is 3.62. The van der Waals surface area contributed by atoms with Gasteiger partial charge in [-0.15, -0.1) is 0 Å². The molecule has 0 saturated heterocycles. The van der Waals surface area contributed by atoms with Crippen molar-refractivity contribution >= 4 is 34.3 Å². The van der Waals surface area contributed by atoms with E-state index in [0.29, 0.717) is 29.4 Å². The number of aromatic nitrogens is 2. The molecule has 0 saturated carbocycles. The molecule has 2 heterocycles. The van der Waals surface area contributed by atoms with E-state index in [4.69, 9.17) is 0 Å². The number of carbonyl (C=O) groups excluding carboxylic acids is 1. The number of para-hydroxylation sites is 2. The van der Waals surface area contributed by atoms with Crippen LogP contribution in [0, 0.1) is 24.2 Å². The van der Waals surface area contributed by atoms with Crippen LogP contribution in [-0.4, -0.2) is 27.6 Å². The van der Waals surface area contributed by atoms with E-state index in [1.807, 2.05) is 41.7 Å². The van der Waals surface area contributed by atoms with E-state index in [-0.39, 0.29) is 5.91 Å². The number of nitrogens with one attached hydrogen (secondary N) is 1. The molecule has 0 atom stereocenters. The summed E-state index contributed by atoms with van der Waals surface area (Å²) < 4.78 is 1.97. The van der Waals surface area contributed by atoms with Gasteiger partial charge in [0.15, 0.2) is 5.65 Å². The van der Waals surface area contributed by atoms with Crippen LogP contribution >= 0.6 is 11.8 Å². The fraction of sp³-hybridized carbons (Fsp3) is 0.316. The van der Waals surface area contributed by atoms with Gasteiger partial charge in [-0.1, -0.05) is 37.7 Å². The van der Waals surface area contributed by atoms with E-state index < -0.39 is 0 Å². The van der Waals surface area contributed by atoms with Gasteiger partial charge >= 0.3 is 0 Å². The van der Waals surface area contributed by atoms with E-state index in [2.05, 4.69) is 30.2 Å². The number of amides is 1. The number of nitrogens with zero attached hydrogens (tertiary/aromatic N) is 3. The Morgan fingerprint density at radius 2 is 2.16 bits per heavy atom. The molecule has 0 unspecified atom stereocenters. The van der Waals surface area contributed by atoms with E-state index in [9.17, 15) is 10.1 Å². The minimum atomic E-state index is 0.0123. The highest BCUT2D eigenvalue weighted by molar-refractivity contribution is 7.99. The van der Waals surface area contributed by atoms with Gasteiger partial charge in [0.05, 0.1) is 27.4 Å². The van der Waals surface area contributed by atoms with Crippen LogP contribution in [0.25, 0.3) is 16.7 Å². The molecule has 6 heteroatoms. The monoisotopic (exact) mass is 352 g/mol. The summed E-state index contributed by atoms with van der Waals surface area (Å²) in [6.45, 7) is 6.72. The third kappa shape index (κ3) is 3.47. The zero-order valence-electron chi connectivity index (χ0n) is 14.5. The van der Waals surface area contributed by atoms with Crippen molar-refractivity contribution in [3.63, 3.8) is 0 Å². The van der Waals surface area contributed by atoms with Crippen LogP contribution < -0.4 is 5.32 Å². The quantitative estimate of drug-likeness (QED) is 0.713. The van der Waals surface area contributed by atoms with Crippen molar-refractivity contribution in [3.05, 3.63) is 41.5 Å². The smallest absolute Gasteiger partial charge is 0.230 e. The summed E-state index contributed by atoms with van der Waals surface area (Å²) in [7, 11) is 0. The summed E-state index contributed by atoms with van der Waals surface area (Å²) >= 11 is 1.46. The number of imidazole rings is 1. The molecule has 128 valence electrons. The Kier molecular flexibility index (Phi) is 4.95. The number of hydrogen-bond acceptors (Lipinski definition) is 4. The van der Waals surface area contributed by atoms with E-state index in [1.54, 1.807) is 0 Å². The summed E-state index contributed by atoms with van der Waals surface area (Å²) in [5, 5.41) is 13.3. The van der Waals surface area contributed by atoms with Crippen molar-refractivity contribution in [1.29, 1.82) is 5.26 Å². The van der Waals surface area contributed by atoms with Gasteiger partial charge < -0.3 is 5.32 Å². The van der Waals surface area contributed by atoms with Crippen molar-refractivity contribution in [2.24, 2.45) is 5.92 Å². The third-order valence-electron chi connectivity index (χ3n) is 3.91. The van der Waals surface area contributed by atoms with E-state index in [1.165, 1.54) is 11.8 Å². The number of pyridine rings is 1. The van der Waals surface area contributed by atoms with Crippen molar-refractivity contribution in [2.75, 3.05) is 12.3 Å². The van der Waals surface area contributed by atoms with Gasteiger partial charge in [-0.3, -0.25) is 9.20 Å². The van der Waals surface area contributed by atoms with Crippen molar-refractivity contribution in [3.8, 4) is 6.07 Å². The summed E-state index contributed by atoms with van der Waals surface area (Å²) in [5.41, 5.74) is 3.88. The Morgan fingerprint density at radius 1 is 1.40 bits per heavy atom. The van der Waals surface area contributed by atoms with Crippen molar-refractivity contribution < 1.29 is 4.79 Å². The normalized spacial score (nSPS) is 11.2. The molecule has 0 aliphatic heterocycles. The van der Waals surface area contributed by atoms with Crippen LogP contribution in [0.3, 0.4) is 0 Å². The SMILES string of the molecule is Cc1cc(SCC(=O)NCC(C)C)n2c(nc3ccccc32)c1C#N. The molecule has 0 bridgehead atoms. The highest BCUT2D eigenvalue weighted by Crippen LogP contribution is 2.29. The molecular weight excluding hydrogens is 332 g/mol. The maximum Gasteiger partial charge on any atom is 0.230 e. The third-order valence-corrected chi connectivity index (χ3v) is 4.91. The molecule has 0 aliphatic carbocycles. The number of benzene rings is 1. The van der Waals surface area contributed by atoms with Gasteiger partial charge in [-0.25, -0.2) is 4.98 Å². The highest BCUT2D eigenvalue weighted by atomic mass is 32.2. The average Bonchev–Trinajstić information content (AvgIpc) is 2.97. The maximum absolute atomic E-state index is 12.1. The van der Waals surface area contributed by atoms with Gasteiger partial charge in [0, 0.05) is 6.54 Å².